The molecule has 4 rings (SSSR count). The van der Waals surface area contributed by atoms with Gasteiger partial charge in [-0.15, -0.1) is 0 Å². The second kappa shape index (κ2) is 7.59. The lowest BCUT2D eigenvalue weighted by atomic mass is 10.1. The van der Waals surface area contributed by atoms with E-state index in [0.717, 1.165) is 12.1 Å². The zero-order valence-electron chi connectivity index (χ0n) is 15.2. The maximum atomic E-state index is 13.7. The van der Waals surface area contributed by atoms with Crippen LogP contribution >= 0.6 is 23.2 Å². The van der Waals surface area contributed by atoms with Gasteiger partial charge in [0, 0.05) is 5.56 Å². The van der Waals surface area contributed by atoms with Crippen LogP contribution in [0.4, 0.5) is 30.7 Å². The SMILES string of the molecule is Fc1ccc(-c2nc(C(F)(F)F)c3[nH]c(-c4c(Cl)cc(C(F)(F)F)cc4Cl)nc3n2)cc1. The minimum atomic E-state index is -4.94. The molecular formula is C19H7Cl2F7N4. The molecule has 32 heavy (non-hydrogen) atoms. The largest absolute Gasteiger partial charge is 0.435 e. The number of H-pyrrole nitrogens is 1. The van der Waals surface area contributed by atoms with E-state index in [1.165, 1.54) is 12.1 Å². The van der Waals surface area contributed by atoms with Crippen LogP contribution in [0.15, 0.2) is 36.4 Å². The normalized spacial score (nSPS) is 12.5. The molecule has 0 aliphatic heterocycles. The third-order valence-electron chi connectivity index (χ3n) is 4.33. The summed E-state index contributed by atoms with van der Waals surface area (Å²) in [6.45, 7) is 0. The third kappa shape index (κ3) is 4.09. The molecule has 0 fully saturated rings. The van der Waals surface area contributed by atoms with Gasteiger partial charge in [0.15, 0.2) is 17.2 Å². The molecule has 0 aliphatic rings. The van der Waals surface area contributed by atoms with Gasteiger partial charge in [-0.2, -0.15) is 26.3 Å². The number of benzene rings is 2. The molecule has 0 saturated carbocycles. The highest BCUT2D eigenvalue weighted by Gasteiger charge is 2.38. The first kappa shape index (κ1) is 22.3. The predicted octanol–water partition coefficient (Wildman–Crippen LogP) is 7.17. The van der Waals surface area contributed by atoms with Crippen LogP contribution in [0.5, 0.6) is 0 Å². The van der Waals surface area contributed by atoms with Gasteiger partial charge in [-0.05, 0) is 36.4 Å². The number of aromatic nitrogens is 4. The van der Waals surface area contributed by atoms with E-state index in [1.807, 2.05) is 0 Å². The molecule has 4 nitrogen and oxygen atoms in total. The number of hydrogen-bond donors (Lipinski definition) is 1. The Hall–Kier alpha value is -2.92. The molecule has 2 heterocycles. The molecule has 2 aromatic heterocycles. The van der Waals surface area contributed by atoms with Gasteiger partial charge in [0.25, 0.3) is 0 Å². The van der Waals surface area contributed by atoms with E-state index in [1.54, 1.807) is 0 Å². The fourth-order valence-electron chi connectivity index (χ4n) is 2.91. The van der Waals surface area contributed by atoms with E-state index in [2.05, 4.69) is 19.9 Å². The number of halogens is 9. The highest BCUT2D eigenvalue weighted by atomic mass is 35.5. The number of imidazole rings is 1. The number of hydrogen-bond acceptors (Lipinski definition) is 3. The summed E-state index contributed by atoms with van der Waals surface area (Å²) in [5, 5.41) is -0.965. The van der Waals surface area contributed by atoms with Crippen molar-refractivity contribution in [2.45, 2.75) is 12.4 Å². The summed E-state index contributed by atoms with van der Waals surface area (Å²) in [4.78, 5) is 13.8. The van der Waals surface area contributed by atoms with Gasteiger partial charge < -0.3 is 4.98 Å². The summed E-state index contributed by atoms with van der Waals surface area (Å²) in [6, 6.07) is 5.58. The van der Waals surface area contributed by atoms with Gasteiger partial charge in [0.2, 0.25) is 0 Å². The molecule has 0 saturated heterocycles. The highest BCUT2D eigenvalue weighted by Crippen LogP contribution is 2.41. The van der Waals surface area contributed by atoms with Crippen molar-refractivity contribution in [1.29, 1.82) is 0 Å². The summed E-state index contributed by atoms with van der Waals surface area (Å²) in [6.07, 6.45) is -9.67. The van der Waals surface area contributed by atoms with Crippen LogP contribution in [0.25, 0.3) is 33.9 Å². The molecule has 13 heteroatoms. The summed E-state index contributed by atoms with van der Waals surface area (Å²) >= 11 is 11.9. The van der Waals surface area contributed by atoms with Gasteiger partial charge in [-0.25, -0.2) is 19.3 Å². The number of nitrogens with one attached hydrogen (secondary N) is 1. The molecule has 0 atom stereocenters. The van der Waals surface area contributed by atoms with Crippen LogP contribution in [0.1, 0.15) is 11.3 Å². The van der Waals surface area contributed by atoms with Crippen molar-refractivity contribution < 1.29 is 30.7 Å². The first-order valence-electron chi connectivity index (χ1n) is 8.52. The molecule has 2 aromatic carbocycles. The van der Waals surface area contributed by atoms with Crippen LogP contribution in [0, 0.1) is 5.82 Å². The van der Waals surface area contributed by atoms with E-state index in [9.17, 15) is 30.7 Å². The van der Waals surface area contributed by atoms with Crippen molar-refractivity contribution in [3.8, 4) is 22.8 Å². The van der Waals surface area contributed by atoms with Crippen molar-refractivity contribution >= 4 is 34.4 Å². The van der Waals surface area contributed by atoms with Crippen molar-refractivity contribution in [1.82, 2.24) is 19.9 Å². The standard InChI is InChI=1S/C19H7Cl2F7N4/c20-10-5-8(18(23,24)25)6-11(21)12(10)16-29-13-14(19(26,27)28)30-15(31-17(13)32-16)7-1-3-9(22)4-2-7/h1-6H,(H,29,30,31,32). The number of rotatable bonds is 2. The Labute approximate surface area is 184 Å². The van der Waals surface area contributed by atoms with Gasteiger partial charge in [0.05, 0.1) is 21.2 Å². The Kier molecular flexibility index (Phi) is 5.29. The molecule has 4 aromatic rings. The molecule has 1 N–H and O–H groups in total. The lowest BCUT2D eigenvalue weighted by molar-refractivity contribution is -0.140. The van der Waals surface area contributed by atoms with E-state index >= 15 is 0 Å². The second-order valence-electron chi connectivity index (χ2n) is 6.50. The second-order valence-corrected chi connectivity index (χ2v) is 7.31. The van der Waals surface area contributed by atoms with Crippen LogP contribution in [-0.4, -0.2) is 19.9 Å². The average molecular weight is 495 g/mol. The maximum Gasteiger partial charge on any atom is 0.435 e. The van der Waals surface area contributed by atoms with Crippen LogP contribution in [0.2, 0.25) is 10.0 Å². The Morgan fingerprint density at radius 3 is 1.91 bits per heavy atom. The first-order valence-corrected chi connectivity index (χ1v) is 9.27. The van der Waals surface area contributed by atoms with E-state index in [4.69, 9.17) is 23.2 Å². The Morgan fingerprint density at radius 1 is 0.781 bits per heavy atom. The van der Waals surface area contributed by atoms with Crippen LogP contribution in [-0.2, 0) is 12.4 Å². The molecule has 166 valence electrons. The fraction of sp³-hybridized carbons (Fsp3) is 0.105. The minimum Gasteiger partial charge on any atom is -0.335 e. The highest BCUT2D eigenvalue weighted by molar-refractivity contribution is 6.39. The van der Waals surface area contributed by atoms with Gasteiger partial charge >= 0.3 is 12.4 Å². The predicted molar refractivity (Wildman–Crippen MR) is 103 cm³/mol. The summed E-state index contributed by atoms with van der Waals surface area (Å²) in [5.74, 6) is -1.33. The minimum absolute atomic E-state index is 0.0916. The maximum absolute atomic E-state index is 13.7. The van der Waals surface area contributed by atoms with E-state index in [-0.39, 0.29) is 22.8 Å². The summed E-state index contributed by atoms with van der Waals surface area (Å²) in [5.41, 5.74) is -3.72. The molecule has 0 amide bonds. The Morgan fingerprint density at radius 2 is 1.38 bits per heavy atom. The van der Waals surface area contributed by atoms with Crippen LogP contribution < -0.4 is 0 Å². The van der Waals surface area contributed by atoms with Crippen molar-refractivity contribution in [3.63, 3.8) is 0 Å². The van der Waals surface area contributed by atoms with Crippen molar-refractivity contribution in [2.75, 3.05) is 0 Å². The smallest absolute Gasteiger partial charge is 0.335 e. The zero-order valence-corrected chi connectivity index (χ0v) is 16.7. The first-order chi connectivity index (χ1) is 14.8. The Bertz CT molecular complexity index is 1310. The van der Waals surface area contributed by atoms with Gasteiger partial charge in [0.1, 0.15) is 17.2 Å². The average Bonchev–Trinajstić information content (AvgIpc) is 3.09. The molecular weight excluding hydrogens is 488 g/mol. The number of aromatic amines is 1. The van der Waals surface area contributed by atoms with Crippen molar-refractivity contribution in [3.05, 3.63) is 63.5 Å². The molecule has 0 unspecified atom stereocenters. The number of nitrogens with zero attached hydrogens (tertiary/aromatic N) is 3. The van der Waals surface area contributed by atoms with E-state index in [0.29, 0.717) is 12.1 Å². The van der Waals surface area contributed by atoms with Crippen LogP contribution in [0.3, 0.4) is 0 Å². The van der Waals surface area contributed by atoms with Gasteiger partial charge in [-0.1, -0.05) is 23.2 Å². The lowest BCUT2D eigenvalue weighted by Gasteiger charge is -2.10. The van der Waals surface area contributed by atoms with Gasteiger partial charge in [-0.3, -0.25) is 0 Å². The molecule has 0 radical (unpaired) electrons. The Balaban J connectivity index is 1.94. The summed E-state index contributed by atoms with van der Waals surface area (Å²) < 4.78 is 93.0. The topological polar surface area (TPSA) is 54.5 Å². The quantitative estimate of drug-likeness (QED) is 0.300. The monoisotopic (exact) mass is 494 g/mol. The van der Waals surface area contributed by atoms with E-state index < -0.39 is 50.6 Å². The van der Waals surface area contributed by atoms with Crippen molar-refractivity contribution in [2.24, 2.45) is 0 Å². The number of fused-ring (bicyclic) bond motifs is 1. The number of alkyl halides is 6. The third-order valence-corrected chi connectivity index (χ3v) is 4.92. The fourth-order valence-corrected chi connectivity index (χ4v) is 3.58. The molecule has 0 spiro atoms. The molecule has 0 bridgehead atoms. The summed E-state index contributed by atoms with van der Waals surface area (Å²) in [7, 11) is 0. The lowest BCUT2D eigenvalue weighted by Crippen LogP contribution is -2.11. The molecule has 0 aliphatic carbocycles. The zero-order chi connectivity index (χ0) is 23.4.